The molecule has 0 saturated heterocycles. The molecule has 0 fully saturated rings. The summed E-state index contributed by atoms with van der Waals surface area (Å²) in [5, 5.41) is 3.18. The molecule has 1 atom stereocenters. The minimum atomic E-state index is -4.32. The van der Waals surface area contributed by atoms with E-state index in [4.69, 9.17) is 5.73 Å². The first-order chi connectivity index (χ1) is 8.38. The Balaban J connectivity index is 2.85. The van der Waals surface area contributed by atoms with Crippen LogP contribution in [0.1, 0.15) is 25.3 Å². The lowest BCUT2D eigenvalue weighted by atomic mass is 10.1. The van der Waals surface area contributed by atoms with Crippen LogP contribution in [-0.4, -0.2) is 12.6 Å². The van der Waals surface area contributed by atoms with E-state index < -0.39 is 11.7 Å². The van der Waals surface area contributed by atoms with Crippen LogP contribution in [0.2, 0.25) is 0 Å². The summed E-state index contributed by atoms with van der Waals surface area (Å²) in [5.41, 5.74) is 5.47. The summed E-state index contributed by atoms with van der Waals surface area (Å²) < 4.78 is 37.9. The van der Waals surface area contributed by atoms with Crippen molar-refractivity contribution >= 4 is 21.6 Å². The minimum absolute atomic E-state index is 0.169. The van der Waals surface area contributed by atoms with Crippen molar-refractivity contribution in [3.63, 3.8) is 0 Å². The van der Waals surface area contributed by atoms with Gasteiger partial charge in [-0.25, -0.2) is 0 Å². The molecule has 0 saturated carbocycles. The SMILES string of the molecule is CCC(CCN)Nc1ccc(C(F)(F)F)cc1Br. The van der Waals surface area contributed by atoms with Crippen molar-refractivity contribution in [2.45, 2.75) is 32.0 Å². The number of anilines is 1. The van der Waals surface area contributed by atoms with Crippen LogP contribution in [0.15, 0.2) is 22.7 Å². The van der Waals surface area contributed by atoms with Crippen molar-refractivity contribution < 1.29 is 13.2 Å². The van der Waals surface area contributed by atoms with Gasteiger partial charge in [0.1, 0.15) is 0 Å². The third-order valence-electron chi connectivity index (χ3n) is 2.66. The number of nitrogens with one attached hydrogen (secondary N) is 1. The number of hydrogen-bond donors (Lipinski definition) is 2. The van der Waals surface area contributed by atoms with E-state index in [0.29, 0.717) is 16.7 Å². The Hall–Kier alpha value is -0.750. The molecule has 18 heavy (non-hydrogen) atoms. The second kappa shape index (κ2) is 6.43. The second-order valence-corrected chi connectivity index (χ2v) is 4.87. The smallest absolute Gasteiger partial charge is 0.381 e. The maximum absolute atomic E-state index is 12.5. The molecule has 6 heteroatoms. The molecule has 1 aromatic carbocycles. The number of benzene rings is 1. The molecule has 102 valence electrons. The first kappa shape index (κ1) is 15.3. The highest BCUT2D eigenvalue weighted by molar-refractivity contribution is 9.10. The zero-order valence-electron chi connectivity index (χ0n) is 10.0. The van der Waals surface area contributed by atoms with Crippen molar-refractivity contribution in [3.05, 3.63) is 28.2 Å². The number of rotatable bonds is 5. The van der Waals surface area contributed by atoms with Gasteiger partial charge in [0.05, 0.1) is 5.56 Å². The molecule has 0 bridgehead atoms. The summed E-state index contributed by atoms with van der Waals surface area (Å²) in [5.74, 6) is 0. The zero-order valence-corrected chi connectivity index (χ0v) is 11.6. The fourth-order valence-corrected chi connectivity index (χ4v) is 2.10. The predicted octanol–water partition coefficient (Wildman–Crippen LogP) is 4.01. The fraction of sp³-hybridized carbons (Fsp3) is 0.500. The van der Waals surface area contributed by atoms with Crippen molar-refractivity contribution in [1.82, 2.24) is 0 Å². The maximum atomic E-state index is 12.5. The molecule has 1 aromatic rings. The Morgan fingerprint density at radius 2 is 2.06 bits per heavy atom. The summed E-state index contributed by atoms with van der Waals surface area (Å²) in [7, 11) is 0. The van der Waals surface area contributed by atoms with Gasteiger partial charge >= 0.3 is 6.18 Å². The molecule has 1 rings (SSSR count). The Morgan fingerprint density at radius 3 is 2.50 bits per heavy atom. The van der Waals surface area contributed by atoms with Crippen LogP contribution in [-0.2, 0) is 6.18 Å². The van der Waals surface area contributed by atoms with Gasteiger partial charge in [-0.2, -0.15) is 13.2 Å². The van der Waals surface area contributed by atoms with Crippen molar-refractivity contribution in [1.29, 1.82) is 0 Å². The zero-order chi connectivity index (χ0) is 13.8. The Kier molecular flexibility index (Phi) is 5.47. The average Bonchev–Trinajstić information content (AvgIpc) is 2.29. The number of alkyl halides is 3. The van der Waals surface area contributed by atoms with E-state index in [2.05, 4.69) is 21.2 Å². The molecule has 1 unspecified atom stereocenters. The molecular weight excluding hydrogens is 309 g/mol. The summed E-state index contributed by atoms with van der Waals surface area (Å²) in [4.78, 5) is 0. The van der Waals surface area contributed by atoms with Gasteiger partial charge < -0.3 is 11.1 Å². The van der Waals surface area contributed by atoms with Gasteiger partial charge in [0.15, 0.2) is 0 Å². The third kappa shape index (κ3) is 4.17. The Bertz CT molecular complexity index is 393. The highest BCUT2D eigenvalue weighted by atomic mass is 79.9. The largest absolute Gasteiger partial charge is 0.416 e. The first-order valence-electron chi connectivity index (χ1n) is 5.71. The molecule has 0 aliphatic rings. The van der Waals surface area contributed by atoms with Crippen LogP contribution in [0.25, 0.3) is 0 Å². The van der Waals surface area contributed by atoms with Gasteiger partial charge in [0.2, 0.25) is 0 Å². The van der Waals surface area contributed by atoms with Crippen molar-refractivity contribution in [2.75, 3.05) is 11.9 Å². The molecule has 2 nitrogen and oxygen atoms in total. The second-order valence-electron chi connectivity index (χ2n) is 4.02. The first-order valence-corrected chi connectivity index (χ1v) is 6.51. The van der Waals surface area contributed by atoms with Gasteiger partial charge in [0, 0.05) is 16.2 Å². The monoisotopic (exact) mass is 324 g/mol. The van der Waals surface area contributed by atoms with Gasteiger partial charge in [-0.15, -0.1) is 0 Å². The molecule has 0 aromatic heterocycles. The summed E-state index contributed by atoms with van der Waals surface area (Å²) >= 11 is 3.15. The number of hydrogen-bond acceptors (Lipinski definition) is 2. The highest BCUT2D eigenvalue weighted by Crippen LogP contribution is 2.34. The lowest BCUT2D eigenvalue weighted by Gasteiger charge is -2.19. The van der Waals surface area contributed by atoms with E-state index in [1.54, 1.807) is 0 Å². The fourth-order valence-electron chi connectivity index (χ4n) is 1.61. The van der Waals surface area contributed by atoms with Crippen molar-refractivity contribution in [3.8, 4) is 0 Å². The summed E-state index contributed by atoms with van der Waals surface area (Å²) in [6.45, 7) is 2.55. The van der Waals surface area contributed by atoms with E-state index in [1.165, 1.54) is 6.07 Å². The predicted molar refractivity (Wildman–Crippen MR) is 70.5 cm³/mol. The summed E-state index contributed by atoms with van der Waals surface area (Å²) in [6, 6.07) is 3.76. The lowest BCUT2D eigenvalue weighted by Crippen LogP contribution is -2.22. The van der Waals surface area contributed by atoms with Crippen LogP contribution in [0.3, 0.4) is 0 Å². The van der Waals surface area contributed by atoms with Crippen LogP contribution in [0.5, 0.6) is 0 Å². The van der Waals surface area contributed by atoms with Crippen LogP contribution >= 0.6 is 15.9 Å². The van der Waals surface area contributed by atoms with E-state index in [0.717, 1.165) is 25.0 Å². The number of nitrogens with two attached hydrogens (primary N) is 1. The minimum Gasteiger partial charge on any atom is -0.381 e. The average molecular weight is 325 g/mol. The molecule has 0 aliphatic carbocycles. The van der Waals surface area contributed by atoms with Gasteiger partial charge in [0.25, 0.3) is 0 Å². The van der Waals surface area contributed by atoms with Crippen LogP contribution < -0.4 is 11.1 Å². The van der Waals surface area contributed by atoms with Crippen molar-refractivity contribution in [2.24, 2.45) is 5.73 Å². The molecule has 0 amide bonds. The third-order valence-corrected chi connectivity index (χ3v) is 3.32. The molecule has 0 heterocycles. The van der Waals surface area contributed by atoms with E-state index in [-0.39, 0.29) is 6.04 Å². The van der Waals surface area contributed by atoms with Crippen LogP contribution in [0, 0.1) is 0 Å². The Morgan fingerprint density at radius 1 is 1.39 bits per heavy atom. The van der Waals surface area contributed by atoms with E-state index in [9.17, 15) is 13.2 Å². The topological polar surface area (TPSA) is 38.0 Å². The van der Waals surface area contributed by atoms with Crippen LogP contribution in [0.4, 0.5) is 18.9 Å². The molecule has 0 aliphatic heterocycles. The lowest BCUT2D eigenvalue weighted by molar-refractivity contribution is -0.137. The molecule has 0 radical (unpaired) electrons. The normalized spacial score (nSPS) is 13.4. The standard InChI is InChI=1S/C12H16BrF3N2/c1-2-9(5-6-17)18-11-4-3-8(7-10(11)13)12(14,15)16/h3-4,7,9,18H,2,5-6,17H2,1H3. The quantitative estimate of drug-likeness (QED) is 0.858. The summed E-state index contributed by atoms with van der Waals surface area (Å²) in [6.07, 6.45) is -2.67. The highest BCUT2D eigenvalue weighted by Gasteiger charge is 2.30. The maximum Gasteiger partial charge on any atom is 0.416 e. The number of halogens is 4. The van der Waals surface area contributed by atoms with E-state index in [1.807, 2.05) is 6.92 Å². The van der Waals surface area contributed by atoms with Gasteiger partial charge in [-0.3, -0.25) is 0 Å². The Labute approximate surface area is 113 Å². The van der Waals surface area contributed by atoms with E-state index >= 15 is 0 Å². The molecular formula is C12H16BrF3N2. The van der Waals surface area contributed by atoms with Gasteiger partial charge in [-0.05, 0) is 53.5 Å². The molecule has 0 spiro atoms. The molecule has 3 N–H and O–H groups in total. The van der Waals surface area contributed by atoms with Gasteiger partial charge in [-0.1, -0.05) is 6.92 Å².